The highest BCUT2D eigenvalue weighted by atomic mass is 32.2. The van der Waals surface area contributed by atoms with Crippen molar-refractivity contribution in [2.75, 3.05) is 18.1 Å². The highest BCUT2D eigenvalue weighted by molar-refractivity contribution is 7.99. The first kappa shape index (κ1) is 10.2. The number of nitrogens with zero attached hydrogens (tertiary/aromatic N) is 1. The van der Waals surface area contributed by atoms with Crippen LogP contribution in [0.15, 0.2) is 0 Å². The monoisotopic (exact) mass is 221 g/mol. The van der Waals surface area contributed by atoms with E-state index in [1.165, 1.54) is 0 Å². The van der Waals surface area contributed by atoms with E-state index in [0.29, 0.717) is 6.54 Å². The van der Waals surface area contributed by atoms with Gasteiger partial charge in [-0.2, -0.15) is 11.8 Å². The molecule has 2 fully saturated rings. The molecule has 0 aromatic carbocycles. The topological polar surface area (TPSA) is 20.3 Å². The Balaban J connectivity index is 1.97. The number of thioether (sulfide) groups is 1. The first-order chi connectivity index (χ1) is 6.52. The van der Waals surface area contributed by atoms with Gasteiger partial charge in [0.15, 0.2) is 0 Å². The van der Waals surface area contributed by atoms with Gasteiger partial charge in [-0.05, 0) is 6.92 Å². The molecule has 1 aliphatic carbocycles. The van der Waals surface area contributed by atoms with Gasteiger partial charge in [0, 0.05) is 30.5 Å². The fraction of sp³-hybridized carbons (Fsp3) is 0.889. The summed E-state index contributed by atoms with van der Waals surface area (Å²) in [5.74, 6) is -2.35. The van der Waals surface area contributed by atoms with E-state index in [2.05, 4.69) is 0 Å². The van der Waals surface area contributed by atoms with Crippen LogP contribution in [-0.4, -0.2) is 40.8 Å². The standard InChI is InChI=1S/C9H13F2NOS/c1-6-5-14-3-2-12(6)8(13)7-4-9(7,10)11/h6-7H,2-5H2,1H3/t6-,7-/m0/s1. The lowest BCUT2D eigenvalue weighted by Gasteiger charge is -2.33. The molecule has 1 heterocycles. The van der Waals surface area contributed by atoms with Crippen molar-refractivity contribution in [3.8, 4) is 0 Å². The number of amides is 1. The lowest BCUT2D eigenvalue weighted by molar-refractivity contribution is -0.136. The van der Waals surface area contributed by atoms with Crippen LogP contribution in [0.3, 0.4) is 0 Å². The van der Waals surface area contributed by atoms with Gasteiger partial charge < -0.3 is 4.90 Å². The fourth-order valence-electron chi connectivity index (χ4n) is 1.74. The summed E-state index contributed by atoms with van der Waals surface area (Å²) in [5, 5.41) is 0. The number of halogens is 2. The SMILES string of the molecule is C[C@H]1CSCCN1C(=O)[C@@H]1CC1(F)F. The van der Waals surface area contributed by atoms with Crippen molar-refractivity contribution in [1.82, 2.24) is 4.90 Å². The normalized spacial score (nSPS) is 35.5. The van der Waals surface area contributed by atoms with Gasteiger partial charge in [-0.1, -0.05) is 0 Å². The molecule has 1 saturated carbocycles. The Morgan fingerprint density at radius 2 is 2.21 bits per heavy atom. The van der Waals surface area contributed by atoms with Gasteiger partial charge in [0.05, 0.1) is 0 Å². The van der Waals surface area contributed by atoms with Crippen molar-refractivity contribution in [1.29, 1.82) is 0 Å². The van der Waals surface area contributed by atoms with E-state index in [-0.39, 0.29) is 18.4 Å². The van der Waals surface area contributed by atoms with Crippen LogP contribution in [0.2, 0.25) is 0 Å². The third-order valence-corrected chi connectivity index (χ3v) is 3.96. The molecule has 0 aromatic rings. The third-order valence-electron chi connectivity index (χ3n) is 2.77. The number of carbonyl (C=O) groups excluding carboxylic acids is 1. The van der Waals surface area contributed by atoms with Crippen molar-refractivity contribution < 1.29 is 13.6 Å². The number of rotatable bonds is 1. The van der Waals surface area contributed by atoms with Gasteiger partial charge in [0.25, 0.3) is 5.92 Å². The van der Waals surface area contributed by atoms with Crippen LogP contribution in [0.1, 0.15) is 13.3 Å². The molecule has 0 radical (unpaired) electrons. The minimum absolute atomic E-state index is 0.109. The zero-order valence-electron chi connectivity index (χ0n) is 8.00. The van der Waals surface area contributed by atoms with Crippen LogP contribution >= 0.6 is 11.8 Å². The molecule has 80 valence electrons. The second-order valence-corrected chi connectivity index (χ2v) is 5.12. The molecule has 0 aromatic heterocycles. The fourth-order valence-corrected chi connectivity index (χ4v) is 2.75. The van der Waals surface area contributed by atoms with Gasteiger partial charge in [0.2, 0.25) is 5.91 Å². The Labute approximate surface area is 86.0 Å². The van der Waals surface area contributed by atoms with Gasteiger partial charge in [-0.15, -0.1) is 0 Å². The quantitative estimate of drug-likeness (QED) is 0.670. The summed E-state index contributed by atoms with van der Waals surface area (Å²) in [5.41, 5.74) is 0. The van der Waals surface area contributed by atoms with E-state index in [1.807, 2.05) is 6.92 Å². The Bertz CT molecular complexity index is 259. The molecule has 0 unspecified atom stereocenters. The minimum atomic E-state index is -2.72. The maximum absolute atomic E-state index is 12.7. The Hall–Kier alpha value is -0.320. The van der Waals surface area contributed by atoms with Crippen LogP contribution in [0.25, 0.3) is 0 Å². The van der Waals surface area contributed by atoms with Gasteiger partial charge in [-0.3, -0.25) is 4.79 Å². The van der Waals surface area contributed by atoms with E-state index in [4.69, 9.17) is 0 Å². The Morgan fingerprint density at radius 1 is 1.57 bits per heavy atom. The molecule has 1 aliphatic heterocycles. The van der Waals surface area contributed by atoms with Crippen LogP contribution in [-0.2, 0) is 4.79 Å². The molecule has 2 atom stereocenters. The predicted octanol–water partition coefficient (Wildman–Crippen LogP) is 1.61. The highest BCUT2D eigenvalue weighted by Gasteiger charge is 2.62. The van der Waals surface area contributed by atoms with Crippen molar-refractivity contribution in [2.24, 2.45) is 5.92 Å². The van der Waals surface area contributed by atoms with Crippen LogP contribution < -0.4 is 0 Å². The molecule has 2 aliphatic rings. The van der Waals surface area contributed by atoms with E-state index in [1.54, 1.807) is 16.7 Å². The summed E-state index contributed by atoms with van der Waals surface area (Å²) in [4.78, 5) is 13.2. The maximum Gasteiger partial charge on any atom is 0.260 e. The number of alkyl halides is 2. The predicted molar refractivity (Wildman–Crippen MR) is 51.6 cm³/mol. The summed E-state index contributed by atoms with van der Waals surface area (Å²) < 4.78 is 25.4. The van der Waals surface area contributed by atoms with E-state index in [9.17, 15) is 13.6 Å². The van der Waals surface area contributed by atoms with Gasteiger partial charge >= 0.3 is 0 Å². The van der Waals surface area contributed by atoms with E-state index in [0.717, 1.165) is 11.5 Å². The lowest BCUT2D eigenvalue weighted by Crippen LogP contribution is -2.45. The third kappa shape index (κ3) is 1.74. The van der Waals surface area contributed by atoms with Gasteiger partial charge in [-0.25, -0.2) is 8.78 Å². The molecule has 2 nitrogen and oxygen atoms in total. The maximum atomic E-state index is 12.7. The molecule has 1 saturated heterocycles. The molecule has 0 bridgehead atoms. The minimum Gasteiger partial charge on any atom is -0.338 e. The molecule has 0 N–H and O–H groups in total. The summed E-state index contributed by atoms with van der Waals surface area (Å²) in [7, 11) is 0. The lowest BCUT2D eigenvalue weighted by atomic mass is 10.2. The summed E-state index contributed by atoms with van der Waals surface area (Å²) in [6.07, 6.45) is -0.248. The van der Waals surface area contributed by atoms with Crippen molar-refractivity contribution in [2.45, 2.75) is 25.3 Å². The van der Waals surface area contributed by atoms with Crippen molar-refractivity contribution in [3.63, 3.8) is 0 Å². The van der Waals surface area contributed by atoms with Crippen LogP contribution in [0.5, 0.6) is 0 Å². The summed E-state index contributed by atoms with van der Waals surface area (Å²) in [6.45, 7) is 2.54. The average molecular weight is 221 g/mol. The zero-order valence-corrected chi connectivity index (χ0v) is 8.82. The molecule has 1 amide bonds. The van der Waals surface area contributed by atoms with Gasteiger partial charge in [0.1, 0.15) is 5.92 Å². The molecular formula is C9H13F2NOS. The van der Waals surface area contributed by atoms with Crippen LogP contribution in [0, 0.1) is 5.92 Å². The molecule has 2 rings (SSSR count). The second kappa shape index (κ2) is 3.36. The summed E-state index contributed by atoms with van der Waals surface area (Å²) >= 11 is 1.77. The molecular weight excluding hydrogens is 208 g/mol. The molecule has 5 heteroatoms. The smallest absolute Gasteiger partial charge is 0.260 e. The number of carbonyl (C=O) groups is 1. The Kier molecular flexibility index (Phi) is 2.45. The van der Waals surface area contributed by atoms with E-state index < -0.39 is 11.8 Å². The van der Waals surface area contributed by atoms with Crippen molar-refractivity contribution >= 4 is 17.7 Å². The molecule has 14 heavy (non-hydrogen) atoms. The largest absolute Gasteiger partial charge is 0.338 e. The first-order valence-corrected chi connectivity index (χ1v) is 5.94. The van der Waals surface area contributed by atoms with Crippen LogP contribution in [0.4, 0.5) is 8.78 Å². The second-order valence-electron chi connectivity index (χ2n) is 3.97. The molecule has 0 spiro atoms. The summed E-state index contributed by atoms with van der Waals surface area (Å²) in [6, 6.07) is 0.109. The van der Waals surface area contributed by atoms with Crippen molar-refractivity contribution in [3.05, 3.63) is 0 Å². The van der Waals surface area contributed by atoms with E-state index >= 15 is 0 Å². The number of hydrogen-bond donors (Lipinski definition) is 0. The zero-order chi connectivity index (χ0) is 10.3. The number of hydrogen-bond acceptors (Lipinski definition) is 2. The average Bonchev–Trinajstić information content (AvgIpc) is 2.75. The first-order valence-electron chi connectivity index (χ1n) is 4.78. The Morgan fingerprint density at radius 3 is 2.71 bits per heavy atom. The highest BCUT2D eigenvalue weighted by Crippen LogP contribution is 2.49.